The molecule has 0 saturated carbocycles. The predicted octanol–water partition coefficient (Wildman–Crippen LogP) is 11.7. The van der Waals surface area contributed by atoms with E-state index in [0.29, 0.717) is 19.3 Å². The number of allylic oxidation sites excluding steroid dienone is 16. The van der Waals surface area contributed by atoms with E-state index in [2.05, 4.69) is 60.9 Å². The van der Waals surface area contributed by atoms with E-state index < -0.39 is 51.1 Å². The van der Waals surface area contributed by atoms with Crippen LogP contribution in [-0.4, -0.2) is 59.9 Å². The molecule has 0 amide bonds. The molecule has 11 nitrogen and oxygen atoms in total. The van der Waals surface area contributed by atoms with E-state index in [1.165, 1.54) is 57.8 Å². The van der Waals surface area contributed by atoms with Gasteiger partial charge in [0.25, 0.3) is 0 Å². The molecule has 2 unspecified atom stereocenters. The van der Waals surface area contributed by atoms with Crippen LogP contribution in [0.5, 0.6) is 0 Å². The van der Waals surface area contributed by atoms with E-state index in [1.54, 1.807) is 0 Å². The Hall–Kier alpha value is -3.60. The molecular weight excluding hydrogens is 769 g/mol. The number of hydrogen-bond acceptors (Lipinski definition) is 9. The van der Waals surface area contributed by atoms with E-state index >= 15 is 0 Å². The molecule has 0 spiro atoms. The summed E-state index contributed by atoms with van der Waals surface area (Å²) >= 11 is 0. The predicted molar refractivity (Wildman–Crippen MR) is 240 cm³/mol. The van der Waals surface area contributed by atoms with Crippen LogP contribution in [0.2, 0.25) is 0 Å². The Morgan fingerprint density at radius 2 is 1.03 bits per heavy atom. The molecule has 0 aliphatic carbocycles. The summed E-state index contributed by atoms with van der Waals surface area (Å²) in [6.45, 7) is 2.53. The van der Waals surface area contributed by atoms with Crippen LogP contribution in [-0.2, 0) is 37.5 Å². The van der Waals surface area contributed by atoms with E-state index in [0.717, 1.165) is 44.9 Å². The van der Waals surface area contributed by atoms with Crippen LogP contribution in [0.25, 0.3) is 0 Å². The SMILES string of the molecule is CC/C=C/C=C/C=C/C=C/C=C/CCCC(=O)OC(COC(=O)CCCCCCCCCCC/C=C/C/C=C/C/C=C/CCCCC)COP(=O)(O)OC[C@@H](N)C(=O)O. The van der Waals surface area contributed by atoms with Crippen molar-refractivity contribution >= 4 is 25.7 Å². The molecule has 0 aliphatic rings. The Morgan fingerprint density at radius 3 is 1.61 bits per heavy atom. The number of nitrogens with two attached hydrogens (primary N) is 1. The van der Waals surface area contributed by atoms with Gasteiger partial charge in [-0.2, -0.15) is 0 Å². The summed E-state index contributed by atoms with van der Waals surface area (Å²) in [7, 11) is -4.74. The minimum absolute atomic E-state index is 0.0580. The van der Waals surface area contributed by atoms with Gasteiger partial charge in [0, 0.05) is 12.8 Å². The lowest BCUT2D eigenvalue weighted by Gasteiger charge is -2.20. The average Bonchev–Trinajstić information content (AvgIpc) is 3.21. The molecule has 334 valence electrons. The molecule has 3 atom stereocenters. The van der Waals surface area contributed by atoms with Gasteiger partial charge in [-0.15, -0.1) is 0 Å². The Kier molecular flexibility index (Phi) is 38.6. The number of carbonyl (C=O) groups excluding carboxylic acids is 2. The Morgan fingerprint density at radius 1 is 0.559 bits per heavy atom. The maximum Gasteiger partial charge on any atom is 0.472 e. The number of carbonyl (C=O) groups is 3. The van der Waals surface area contributed by atoms with E-state index in [-0.39, 0.29) is 19.4 Å². The van der Waals surface area contributed by atoms with E-state index in [9.17, 15) is 23.8 Å². The number of carboxylic acids is 1. The van der Waals surface area contributed by atoms with Crippen molar-refractivity contribution in [3.8, 4) is 0 Å². The second-order valence-electron chi connectivity index (χ2n) is 14.2. The number of unbranched alkanes of at least 4 members (excludes halogenated alkanes) is 13. The van der Waals surface area contributed by atoms with Gasteiger partial charge in [-0.3, -0.25) is 23.4 Å². The number of ether oxygens (including phenoxy) is 2. The summed E-state index contributed by atoms with van der Waals surface area (Å²) in [5, 5.41) is 8.88. The lowest BCUT2D eigenvalue weighted by molar-refractivity contribution is -0.161. The molecule has 0 saturated heterocycles. The Labute approximate surface area is 355 Å². The monoisotopic (exact) mass is 846 g/mol. The molecule has 0 aromatic heterocycles. The third-order valence-electron chi connectivity index (χ3n) is 8.69. The van der Waals surface area contributed by atoms with Gasteiger partial charge in [-0.05, 0) is 64.2 Å². The standard InChI is InChI=1S/C47H76NO10P/c1-3-5-7-9-11-13-15-17-18-19-20-21-22-23-24-25-27-28-30-32-34-36-38-45(49)55-40-43(41-56-59(53,54)57-42-44(48)47(51)52)58-46(50)39-37-35-33-31-29-26-16-14-12-10-8-6-4-2/h6,8,10-14,16-18,20-21,26,29,31,33,43-44H,3-5,7,9,15,19,22-25,27-28,30,32,34-42,48H2,1-2H3,(H,51,52)(H,53,54)/b8-6+,12-10+,13-11+,16-14+,18-17+,21-20+,29-26+,33-31+/t43?,44-/m1/s1. The number of aliphatic carboxylic acids is 1. The molecule has 0 aromatic rings. The van der Waals surface area contributed by atoms with Gasteiger partial charge < -0.3 is 25.2 Å². The number of rotatable bonds is 39. The fourth-order valence-electron chi connectivity index (χ4n) is 5.28. The second kappa shape index (κ2) is 41.1. The van der Waals surface area contributed by atoms with Gasteiger partial charge in [0.15, 0.2) is 6.10 Å². The summed E-state index contributed by atoms with van der Waals surface area (Å²) in [6, 6.07) is -1.54. The van der Waals surface area contributed by atoms with E-state index in [4.69, 9.17) is 24.8 Å². The number of phosphoric acid groups is 1. The number of carboxylic acid groups (broad SMARTS) is 1. The van der Waals surface area contributed by atoms with Crippen LogP contribution >= 0.6 is 7.82 Å². The van der Waals surface area contributed by atoms with Crippen molar-refractivity contribution in [2.75, 3.05) is 19.8 Å². The molecular formula is C47H76NO10P. The number of hydrogen-bond donors (Lipinski definition) is 3. The highest BCUT2D eigenvalue weighted by atomic mass is 31.2. The Balaban J connectivity index is 4.40. The zero-order chi connectivity index (χ0) is 43.5. The van der Waals surface area contributed by atoms with Crippen molar-refractivity contribution in [3.05, 3.63) is 97.2 Å². The molecule has 59 heavy (non-hydrogen) atoms. The van der Waals surface area contributed by atoms with Crippen molar-refractivity contribution in [2.45, 2.75) is 161 Å². The Bertz CT molecular complexity index is 1360. The van der Waals surface area contributed by atoms with Gasteiger partial charge >= 0.3 is 25.7 Å². The van der Waals surface area contributed by atoms with Crippen molar-refractivity contribution in [3.63, 3.8) is 0 Å². The van der Waals surface area contributed by atoms with Crippen LogP contribution < -0.4 is 5.73 Å². The number of esters is 2. The van der Waals surface area contributed by atoms with Crippen molar-refractivity contribution in [1.82, 2.24) is 0 Å². The summed E-state index contributed by atoms with van der Waals surface area (Å²) in [6.07, 6.45) is 52.0. The quantitative estimate of drug-likeness (QED) is 0.0177. The average molecular weight is 846 g/mol. The molecule has 0 heterocycles. The highest BCUT2D eigenvalue weighted by Crippen LogP contribution is 2.43. The fourth-order valence-corrected chi connectivity index (χ4v) is 6.06. The van der Waals surface area contributed by atoms with Crippen LogP contribution in [0, 0.1) is 0 Å². The highest BCUT2D eigenvalue weighted by Gasteiger charge is 2.28. The zero-order valence-corrected chi connectivity index (χ0v) is 36.9. The highest BCUT2D eigenvalue weighted by molar-refractivity contribution is 7.47. The molecule has 0 aliphatic heterocycles. The first-order chi connectivity index (χ1) is 28.6. The van der Waals surface area contributed by atoms with Gasteiger partial charge in [-0.25, -0.2) is 4.57 Å². The summed E-state index contributed by atoms with van der Waals surface area (Å²) < 4.78 is 32.6. The van der Waals surface area contributed by atoms with Gasteiger partial charge in [0.05, 0.1) is 13.2 Å². The molecule has 0 bridgehead atoms. The lowest BCUT2D eigenvalue weighted by atomic mass is 10.1. The second-order valence-corrected chi connectivity index (χ2v) is 15.7. The van der Waals surface area contributed by atoms with Gasteiger partial charge in [0.1, 0.15) is 12.6 Å². The van der Waals surface area contributed by atoms with Crippen molar-refractivity contribution < 1.29 is 47.5 Å². The van der Waals surface area contributed by atoms with Crippen LogP contribution in [0.3, 0.4) is 0 Å². The first-order valence-electron chi connectivity index (χ1n) is 21.8. The van der Waals surface area contributed by atoms with Crippen LogP contribution in [0.4, 0.5) is 0 Å². The summed E-state index contributed by atoms with van der Waals surface area (Å²) in [5.74, 6) is -2.50. The molecule has 12 heteroatoms. The zero-order valence-electron chi connectivity index (χ0n) is 36.0. The van der Waals surface area contributed by atoms with Gasteiger partial charge in [0.2, 0.25) is 0 Å². The first kappa shape index (κ1) is 55.4. The molecule has 0 rings (SSSR count). The molecule has 4 N–H and O–H groups in total. The largest absolute Gasteiger partial charge is 0.480 e. The molecule has 0 aromatic carbocycles. The van der Waals surface area contributed by atoms with Crippen LogP contribution in [0.1, 0.15) is 149 Å². The minimum Gasteiger partial charge on any atom is -0.480 e. The summed E-state index contributed by atoms with van der Waals surface area (Å²) in [4.78, 5) is 45.9. The first-order valence-corrected chi connectivity index (χ1v) is 23.3. The fraction of sp³-hybridized carbons (Fsp3) is 0.596. The summed E-state index contributed by atoms with van der Waals surface area (Å²) in [5.41, 5.74) is 5.32. The smallest absolute Gasteiger partial charge is 0.472 e. The van der Waals surface area contributed by atoms with Crippen molar-refractivity contribution in [2.24, 2.45) is 5.73 Å². The van der Waals surface area contributed by atoms with Gasteiger partial charge in [-0.1, -0.05) is 169 Å². The third-order valence-corrected chi connectivity index (χ3v) is 9.64. The van der Waals surface area contributed by atoms with Crippen LogP contribution in [0.15, 0.2) is 97.2 Å². The third kappa shape index (κ3) is 40.9. The maximum absolute atomic E-state index is 12.6. The topological polar surface area (TPSA) is 172 Å². The number of phosphoric ester groups is 1. The van der Waals surface area contributed by atoms with E-state index in [1.807, 2.05) is 54.7 Å². The normalized spacial score (nSPS) is 14.6. The lowest BCUT2D eigenvalue weighted by Crippen LogP contribution is -2.34. The molecule has 0 radical (unpaired) electrons. The minimum atomic E-state index is -4.74. The molecule has 0 fully saturated rings. The maximum atomic E-state index is 12.6. The van der Waals surface area contributed by atoms with Crippen molar-refractivity contribution in [1.29, 1.82) is 0 Å².